The molecule has 1 heterocycles. The summed E-state index contributed by atoms with van der Waals surface area (Å²) in [5.74, 6) is 0.785. The van der Waals surface area contributed by atoms with Crippen molar-refractivity contribution in [3.05, 3.63) is 34.8 Å². The molecule has 0 unspecified atom stereocenters. The van der Waals surface area contributed by atoms with Crippen LogP contribution in [0.3, 0.4) is 0 Å². The standard InChI is InChI=1S/C11H13N3O2S/c1-15-6-8-3-2-4-9(5-8)16-7-10-13-14-11(12)17-10/h2-5H,6-7H2,1H3,(H2,12,14). The first-order chi connectivity index (χ1) is 8.28. The molecule has 2 rings (SSSR count). The predicted molar refractivity (Wildman–Crippen MR) is 65.8 cm³/mol. The second-order valence-electron chi connectivity index (χ2n) is 3.40. The summed E-state index contributed by atoms with van der Waals surface area (Å²) >= 11 is 1.33. The Labute approximate surface area is 103 Å². The zero-order valence-corrected chi connectivity index (χ0v) is 10.2. The van der Waals surface area contributed by atoms with E-state index in [1.165, 1.54) is 11.3 Å². The maximum Gasteiger partial charge on any atom is 0.203 e. The van der Waals surface area contributed by atoms with Gasteiger partial charge in [-0.25, -0.2) is 0 Å². The van der Waals surface area contributed by atoms with Gasteiger partial charge >= 0.3 is 0 Å². The minimum absolute atomic E-state index is 0.380. The van der Waals surface area contributed by atoms with Gasteiger partial charge in [0.05, 0.1) is 6.61 Å². The van der Waals surface area contributed by atoms with Crippen molar-refractivity contribution in [2.24, 2.45) is 0 Å². The van der Waals surface area contributed by atoms with E-state index in [9.17, 15) is 0 Å². The molecule has 90 valence electrons. The Kier molecular flexibility index (Phi) is 3.89. The monoisotopic (exact) mass is 251 g/mol. The number of hydrogen-bond donors (Lipinski definition) is 1. The first kappa shape index (κ1) is 11.8. The molecule has 0 radical (unpaired) electrons. The SMILES string of the molecule is COCc1cccc(OCc2nnc(N)s2)c1. The topological polar surface area (TPSA) is 70.3 Å². The van der Waals surface area contributed by atoms with Gasteiger partial charge in [-0.15, -0.1) is 10.2 Å². The first-order valence-corrected chi connectivity index (χ1v) is 5.88. The first-order valence-electron chi connectivity index (χ1n) is 5.06. The van der Waals surface area contributed by atoms with E-state index in [4.69, 9.17) is 15.2 Å². The number of hydrogen-bond acceptors (Lipinski definition) is 6. The van der Waals surface area contributed by atoms with Crippen LogP contribution in [0.5, 0.6) is 5.75 Å². The molecule has 0 fully saturated rings. The van der Waals surface area contributed by atoms with Crippen molar-refractivity contribution in [3.63, 3.8) is 0 Å². The van der Waals surface area contributed by atoms with Crippen molar-refractivity contribution in [3.8, 4) is 5.75 Å². The van der Waals surface area contributed by atoms with Crippen LogP contribution < -0.4 is 10.5 Å². The van der Waals surface area contributed by atoms with Crippen LogP contribution >= 0.6 is 11.3 Å². The van der Waals surface area contributed by atoms with Crippen LogP contribution in [0.25, 0.3) is 0 Å². The van der Waals surface area contributed by atoms with Gasteiger partial charge in [0.15, 0.2) is 5.01 Å². The lowest BCUT2D eigenvalue weighted by molar-refractivity contribution is 0.184. The summed E-state index contributed by atoms with van der Waals surface area (Å²) in [5, 5.41) is 8.82. The van der Waals surface area contributed by atoms with Crippen molar-refractivity contribution in [2.75, 3.05) is 12.8 Å². The van der Waals surface area contributed by atoms with Crippen LogP contribution in [0, 0.1) is 0 Å². The highest BCUT2D eigenvalue weighted by molar-refractivity contribution is 7.15. The van der Waals surface area contributed by atoms with Gasteiger partial charge in [-0.05, 0) is 17.7 Å². The Hall–Kier alpha value is -1.66. The summed E-state index contributed by atoms with van der Waals surface area (Å²) in [6.45, 7) is 0.953. The molecule has 5 nitrogen and oxygen atoms in total. The molecule has 0 aliphatic carbocycles. The quantitative estimate of drug-likeness (QED) is 0.878. The number of benzene rings is 1. The molecule has 0 amide bonds. The predicted octanol–water partition coefficient (Wildman–Crippen LogP) is 1.85. The lowest BCUT2D eigenvalue weighted by Gasteiger charge is -2.05. The van der Waals surface area contributed by atoms with Crippen LogP contribution in [-0.4, -0.2) is 17.3 Å². The van der Waals surface area contributed by atoms with E-state index in [2.05, 4.69) is 10.2 Å². The lowest BCUT2D eigenvalue weighted by Crippen LogP contribution is -1.96. The highest BCUT2D eigenvalue weighted by Gasteiger charge is 2.02. The number of nitrogens with two attached hydrogens (primary N) is 1. The molecule has 0 atom stereocenters. The normalized spacial score (nSPS) is 10.4. The van der Waals surface area contributed by atoms with Gasteiger partial charge < -0.3 is 15.2 Å². The number of aromatic nitrogens is 2. The van der Waals surface area contributed by atoms with Gasteiger partial charge in [-0.2, -0.15) is 0 Å². The Morgan fingerprint density at radius 3 is 2.88 bits per heavy atom. The molecule has 2 aromatic rings. The fourth-order valence-corrected chi connectivity index (χ4v) is 1.88. The number of methoxy groups -OCH3 is 1. The molecule has 0 saturated heterocycles. The Balaban J connectivity index is 1.96. The van der Waals surface area contributed by atoms with Gasteiger partial charge in [0.25, 0.3) is 0 Å². The van der Waals surface area contributed by atoms with E-state index in [0.29, 0.717) is 18.3 Å². The molecule has 1 aromatic heterocycles. The minimum atomic E-state index is 0.380. The van der Waals surface area contributed by atoms with E-state index >= 15 is 0 Å². The molecule has 17 heavy (non-hydrogen) atoms. The average Bonchev–Trinajstić information content (AvgIpc) is 2.74. The average molecular weight is 251 g/mol. The summed E-state index contributed by atoms with van der Waals surface area (Å²) in [7, 11) is 1.66. The second-order valence-corrected chi connectivity index (χ2v) is 4.50. The number of ether oxygens (including phenoxy) is 2. The van der Waals surface area contributed by atoms with Crippen LogP contribution in [0.15, 0.2) is 24.3 Å². The molecule has 0 aliphatic heterocycles. The smallest absolute Gasteiger partial charge is 0.203 e. The van der Waals surface area contributed by atoms with E-state index in [-0.39, 0.29) is 0 Å². The summed E-state index contributed by atoms with van der Waals surface area (Å²) < 4.78 is 10.6. The third-order valence-electron chi connectivity index (χ3n) is 2.05. The number of anilines is 1. The van der Waals surface area contributed by atoms with E-state index in [1.54, 1.807) is 7.11 Å². The lowest BCUT2D eigenvalue weighted by atomic mass is 10.2. The summed E-state index contributed by atoms with van der Waals surface area (Å²) in [6, 6.07) is 7.74. The van der Waals surface area contributed by atoms with E-state index in [1.807, 2.05) is 24.3 Å². The molecular weight excluding hydrogens is 238 g/mol. The Morgan fingerprint density at radius 2 is 2.18 bits per heavy atom. The van der Waals surface area contributed by atoms with Gasteiger partial charge in [-0.1, -0.05) is 23.5 Å². The molecule has 6 heteroatoms. The zero-order chi connectivity index (χ0) is 12.1. The van der Waals surface area contributed by atoms with Crippen LogP contribution in [-0.2, 0) is 18.0 Å². The third-order valence-corrected chi connectivity index (χ3v) is 2.78. The maximum atomic E-state index is 5.59. The van der Waals surface area contributed by atoms with Crippen molar-refractivity contribution < 1.29 is 9.47 Å². The Morgan fingerprint density at radius 1 is 1.29 bits per heavy atom. The Bertz CT molecular complexity index is 487. The summed E-state index contributed by atoms with van der Waals surface area (Å²) in [6.07, 6.45) is 0. The fraction of sp³-hybridized carbons (Fsp3) is 0.273. The molecular formula is C11H13N3O2S. The highest BCUT2D eigenvalue weighted by atomic mass is 32.1. The number of nitrogen functional groups attached to an aromatic ring is 1. The van der Waals surface area contributed by atoms with E-state index < -0.39 is 0 Å². The third kappa shape index (κ3) is 3.40. The van der Waals surface area contributed by atoms with Crippen LogP contribution in [0.2, 0.25) is 0 Å². The molecule has 2 N–H and O–H groups in total. The molecule has 0 aliphatic rings. The van der Waals surface area contributed by atoms with Gasteiger partial charge in [0.2, 0.25) is 5.13 Å². The molecule has 0 bridgehead atoms. The zero-order valence-electron chi connectivity index (χ0n) is 9.42. The molecule has 0 spiro atoms. The molecule has 0 saturated carbocycles. The van der Waals surface area contributed by atoms with Gasteiger partial charge in [0, 0.05) is 7.11 Å². The molecule has 1 aromatic carbocycles. The maximum absolute atomic E-state index is 5.59. The fourth-order valence-electron chi connectivity index (χ4n) is 1.36. The van der Waals surface area contributed by atoms with Crippen molar-refractivity contribution >= 4 is 16.5 Å². The van der Waals surface area contributed by atoms with Crippen molar-refractivity contribution in [2.45, 2.75) is 13.2 Å². The minimum Gasteiger partial charge on any atom is -0.486 e. The van der Waals surface area contributed by atoms with Crippen molar-refractivity contribution in [1.29, 1.82) is 0 Å². The van der Waals surface area contributed by atoms with Crippen LogP contribution in [0.1, 0.15) is 10.6 Å². The van der Waals surface area contributed by atoms with Gasteiger partial charge in [-0.3, -0.25) is 0 Å². The number of rotatable bonds is 5. The van der Waals surface area contributed by atoms with Crippen molar-refractivity contribution in [1.82, 2.24) is 10.2 Å². The highest BCUT2D eigenvalue weighted by Crippen LogP contribution is 2.17. The van der Waals surface area contributed by atoms with Gasteiger partial charge in [0.1, 0.15) is 12.4 Å². The summed E-state index contributed by atoms with van der Waals surface area (Å²) in [4.78, 5) is 0. The largest absolute Gasteiger partial charge is 0.486 e. The number of nitrogens with zero attached hydrogens (tertiary/aromatic N) is 2. The van der Waals surface area contributed by atoms with E-state index in [0.717, 1.165) is 16.3 Å². The van der Waals surface area contributed by atoms with Crippen LogP contribution in [0.4, 0.5) is 5.13 Å². The summed E-state index contributed by atoms with van der Waals surface area (Å²) in [5.41, 5.74) is 6.56. The second kappa shape index (κ2) is 5.60.